The Kier molecular flexibility index (Phi) is 4.42. The predicted molar refractivity (Wildman–Crippen MR) is 80.9 cm³/mol. The van der Waals surface area contributed by atoms with E-state index in [0.29, 0.717) is 11.4 Å². The van der Waals surface area contributed by atoms with Gasteiger partial charge in [0.1, 0.15) is 0 Å². The molecule has 0 spiro atoms. The SMILES string of the molecule is Cc1ccc(F)c(OCC(=O)Nc2ccc(N)cc2C)c1. The largest absolute Gasteiger partial charge is 0.481 e. The van der Waals surface area contributed by atoms with Crippen LogP contribution in [0, 0.1) is 19.7 Å². The number of carbonyl (C=O) groups is 1. The van der Waals surface area contributed by atoms with Gasteiger partial charge >= 0.3 is 0 Å². The van der Waals surface area contributed by atoms with E-state index in [1.54, 1.807) is 30.3 Å². The zero-order valence-corrected chi connectivity index (χ0v) is 11.9. The van der Waals surface area contributed by atoms with Crippen molar-refractivity contribution in [3.05, 3.63) is 53.3 Å². The Morgan fingerprint density at radius 3 is 2.71 bits per heavy atom. The third-order valence-corrected chi connectivity index (χ3v) is 2.97. The fraction of sp³-hybridized carbons (Fsp3) is 0.188. The summed E-state index contributed by atoms with van der Waals surface area (Å²) in [5.41, 5.74) is 8.64. The quantitative estimate of drug-likeness (QED) is 0.850. The monoisotopic (exact) mass is 288 g/mol. The zero-order valence-electron chi connectivity index (χ0n) is 11.9. The van der Waals surface area contributed by atoms with Gasteiger partial charge in [0.25, 0.3) is 5.91 Å². The van der Waals surface area contributed by atoms with Gasteiger partial charge < -0.3 is 15.8 Å². The van der Waals surface area contributed by atoms with Gasteiger partial charge in [-0.1, -0.05) is 6.07 Å². The number of carbonyl (C=O) groups excluding carboxylic acids is 1. The van der Waals surface area contributed by atoms with Gasteiger partial charge in [0.15, 0.2) is 18.2 Å². The molecule has 0 aliphatic carbocycles. The van der Waals surface area contributed by atoms with Crippen LogP contribution in [0.5, 0.6) is 5.75 Å². The van der Waals surface area contributed by atoms with Crippen LogP contribution in [0.1, 0.15) is 11.1 Å². The van der Waals surface area contributed by atoms with E-state index in [2.05, 4.69) is 5.32 Å². The molecule has 0 aliphatic rings. The van der Waals surface area contributed by atoms with E-state index in [9.17, 15) is 9.18 Å². The molecule has 0 unspecified atom stereocenters. The van der Waals surface area contributed by atoms with Gasteiger partial charge in [0.05, 0.1) is 0 Å². The topological polar surface area (TPSA) is 64.3 Å². The second kappa shape index (κ2) is 6.26. The molecule has 0 bridgehead atoms. The standard InChI is InChI=1S/C16H17FN2O2/c1-10-3-5-13(17)15(7-10)21-9-16(20)19-14-6-4-12(18)8-11(14)2/h3-8H,9,18H2,1-2H3,(H,19,20). The lowest BCUT2D eigenvalue weighted by Crippen LogP contribution is -2.21. The maximum atomic E-state index is 13.5. The molecule has 0 radical (unpaired) electrons. The van der Waals surface area contributed by atoms with Gasteiger partial charge in [-0.3, -0.25) is 4.79 Å². The number of nitrogen functional groups attached to an aromatic ring is 1. The molecule has 0 heterocycles. The second-order valence-electron chi connectivity index (χ2n) is 4.85. The number of hydrogen-bond acceptors (Lipinski definition) is 3. The second-order valence-corrected chi connectivity index (χ2v) is 4.85. The van der Waals surface area contributed by atoms with Crippen molar-refractivity contribution in [2.24, 2.45) is 0 Å². The van der Waals surface area contributed by atoms with Gasteiger partial charge in [0, 0.05) is 11.4 Å². The lowest BCUT2D eigenvalue weighted by atomic mass is 10.2. The molecule has 0 aromatic heterocycles. The normalized spacial score (nSPS) is 10.2. The summed E-state index contributed by atoms with van der Waals surface area (Å²) in [5, 5.41) is 2.70. The van der Waals surface area contributed by atoms with Crippen LogP contribution in [-0.4, -0.2) is 12.5 Å². The first-order valence-corrected chi connectivity index (χ1v) is 6.50. The van der Waals surface area contributed by atoms with Crippen LogP contribution < -0.4 is 15.8 Å². The number of aryl methyl sites for hydroxylation is 2. The van der Waals surface area contributed by atoms with Crippen molar-refractivity contribution in [1.82, 2.24) is 0 Å². The Hall–Kier alpha value is -2.56. The summed E-state index contributed by atoms with van der Waals surface area (Å²) in [6, 6.07) is 9.68. The first kappa shape index (κ1) is 14.8. The Morgan fingerprint density at radius 2 is 2.00 bits per heavy atom. The van der Waals surface area contributed by atoms with Crippen molar-refractivity contribution in [2.45, 2.75) is 13.8 Å². The molecule has 4 nitrogen and oxygen atoms in total. The fourth-order valence-corrected chi connectivity index (χ4v) is 1.88. The first-order valence-electron chi connectivity index (χ1n) is 6.50. The highest BCUT2D eigenvalue weighted by molar-refractivity contribution is 5.92. The Balaban J connectivity index is 1.97. The molecule has 0 atom stereocenters. The van der Waals surface area contributed by atoms with Crippen LogP contribution in [0.4, 0.5) is 15.8 Å². The highest BCUT2D eigenvalue weighted by atomic mass is 19.1. The Bertz CT molecular complexity index is 671. The zero-order chi connectivity index (χ0) is 15.4. The molecule has 0 saturated carbocycles. The molecule has 5 heteroatoms. The minimum atomic E-state index is -0.489. The third-order valence-electron chi connectivity index (χ3n) is 2.97. The van der Waals surface area contributed by atoms with Crippen LogP contribution in [-0.2, 0) is 4.79 Å². The van der Waals surface area contributed by atoms with E-state index in [-0.39, 0.29) is 18.3 Å². The summed E-state index contributed by atoms with van der Waals surface area (Å²) < 4.78 is 18.7. The first-order chi connectivity index (χ1) is 9.95. The molecular formula is C16H17FN2O2. The predicted octanol–water partition coefficient (Wildman–Crippen LogP) is 3.04. The molecule has 21 heavy (non-hydrogen) atoms. The highest BCUT2D eigenvalue weighted by Gasteiger charge is 2.09. The lowest BCUT2D eigenvalue weighted by molar-refractivity contribution is -0.118. The molecular weight excluding hydrogens is 271 g/mol. The van der Waals surface area contributed by atoms with Crippen molar-refractivity contribution in [3.8, 4) is 5.75 Å². The van der Waals surface area contributed by atoms with Gasteiger partial charge in [-0.2, -0.15) is 0 Å². The fourth-order valence-electron chi connectivity index (χ4n) is 1.88. The number of nitrogens with one attached hydrogen (secondary N) is 1. The minimum absolute atomic E-state index is 0.0687. The number of benzene rings is 2. The number of nitrogens with two attached hydrogens (primary N) is 1. The number of anilines is 2. The molecule has 0 saturated heterocycles. The average Bonchev–Trinajstić information content (AvgIpc) is 2.43. The van der Waals surface area contributed by atoms with Crippen LogP contribution in [0.3, 0.4) is 0 Å². The summed E-state index contributed by atoms with van der Waals surface area (Å²) in [6.45, 7) is 3.40. The molecule has 110 valence electrons. The molecule has 2 aromatic carbocycles. The van der Waals surface area contributed by atoms with Crippen LogP contribution >= 0.6 is 0 Å². The van der Waals surface area contributed by atoms with Crippen molar-refractivity contribution < 1.29 is 13.9 Å². The van der Waals surface area contributed by atoms with Gasteiger partial charge in [-0.15, -0.1) is 0 Å². The maximum absolute atomic E-state index is 13.5. The van der Waals surface area contributed by atoms with Crippen LogP contribution in [0.25, 0.3) is 0 Å². The third kappa shape index (κ3) is 3.95. The Labute approximate surface area is 122 Å². The number of rotatable bonds is 4. The maximum Gasteiger partial charge on any atom is 0.262 e. The number of ether oxygens (including phenoxy) is 1. The summed E-state index contributed by atoms with van der Waals surface area (Å²) in [4.78, 5) is 11.8. The molecule has 2 rings (SSSR count). The molecule has 2 aromatic rings. The lowest BCUT2D eigenvalue weighted by Gasteiger charge is -2.11. The van der Waals surface area contributed by atoms with Crippen molar-refractivity contribution in [1.29, 1.82) is 0 Å². The van der Waals surface area contributed by atoms with Crippen LogP contribution in [0.15, 0.2) is 36.4 Å². The highest BCUT2D eigenvalue weighted by Crippen LogP contribution is 2.19. The smallest absolute Gasteiger partial charge is 0.262 e. The van der Waals surface area contributed by atoms with Gasteiger partial charge in [0.2, 0.25) is 0 Å². The van der Waals surface area contributed by atoms with Gasteiger partial charge in [-0.25, -0.2) is 4.39 Å². The number of halogens is 1. The van der Waals surface area contributed by atoms with E-state index >= 15 is 0 Å². The number of hydrogen-bond donors (Lipinski definition) is 2. The van der Waals surface area contributed by atoms with E-state index in [4.69, 9.17) is 10.5 Å². The summed E-state index contributed by atoms with van der Waals surface area (Å²) >= 11 is 0. The van der Waals surface area contributed by atoms with Crippen molar-refractivity contribution in [3.63, 3.8) is 0 Å². The van der Waals surface area contributed by atoms with Crippen molar-refractivity contribution in [2.75, 3.05) is 17.7 Å². The van der Waals surface area contributed by atoms with E-state index in [1.807, 2.05) is 13.8 Å². The molecule has 0 fully saturated rings. The van der Waals surface area contributed by atoms with E-state index in [0.717, 1.165) is 11.1 Å². The molecule has 1 amide bonds. The Morgan fingerprint density at radius 1 is 1.24 bits per heavy atom. The summed E-state index contributed by atoms with van der Waals surface area (Å²) in [6.07, 6.45) is 0. The molecule has 0 aliphatic heterocycles. The van der Waals surface area contributed by atoms with Gasteiger partial charge in [-0.05, 0) is 55.3 Å². The minimum Gasteiger partial charge on any atom is -0.481 e. The van der Waals surface area contributed by atoms with E-state index < -0.39 is 5.82 Å². The van der Waals surface area contributed by atoms with Crippen LogP contribution in [0.2, 0.25) is 0 Å². The number of amides is 1. The average molecular weight is 288 g/mol. The van der Waals surface area contributed by atoms with E-state index in [1.165, 1.54) is 6.07 Å². The van der Waals surface area contributed by atoms with Crippen molar-refractivity contribution >= 4 is 17.3 Å². The molecule has 3 N–H and O–H groups in total. The summed E-state index contributed by atoms with van der Waals surface area (Å²) in [5.74, 6) is -0.778. The summed E-state index contributed by atoms with van der Waals surface area (Å²) in [7, 11) is 0.